The van der Waals surface area contributed by atoms with Gasteiger partial charge in [0.15, 0.2) is 5.82 Å². The summed E-state index contributed by atoms with van der Waals surface area (Å²) in [4.78, 5) is 19.3. The first-order valence-corrected chi connectivity index (χ1v) is 8.73. The summed E-state index contributed by atoms with van der Waals surface area (Å²) in [5, 5.41) is 11.4. The van der Waals surface area contributed by atoms with Crippen molar-refractivity contribution in [3.05, 3.63) is 28.7 Å². The molecule has 1 atom stereocenters. The fraction of sp³-hybridized carbons (Fsp3) is 0.647. The molecule has 0 radical (unpaired) electrons. The van der Waals surface area contributed by atoms with Gasteiger partial charge in [-0.1, -0.05) is 5.16 Å². The number of aromatic nitrogens is 4. The summed E-state index contributed by atoms with van der Waals surface area (Å²) >= 11 is 0. The maximum absolute atomic E-state index is 12.7. The van der Waals surface area contributed by atoms with E-state index in [1.807, 2.05) is 18.7 Å². The predicted molar refractivity (Wildman–Crippen MR) is 86.6 cm³/mol. The van der Waals surface area contributed by atoms with Crippen molar-refractivity contribution in [1.82, 2.24) is 25.2 Å². The Bertz CT molecular complexity index is 726. The number of rotatable bonds is 4. The summed E-state index contributed by atoms with van der Waals surface area (Å²) in [6.45, 7) is 5.24. The van der Waals surface area contributed by atoms with Gasteiger partial charge in [0.2, 0.25) is 5.91 Å². The molecule has 1 aliphatic heterocycles. The van der Waals surface area contributed by atoms with Crippen molar-refractivity contribution >= 4 is 5.91 Å². The quantitative estimate of drug-likeness (QED) is 0.929. The molecule has 2 aliphatic rings. The van der Waals surface area contributed by atoms with Crippen LogP contribution in [-0.2, 0) is 11.2 Å². The molecule has 3 heterocycles. The Balaban J connectivity index is 1.43. The first-order valence-electron chi connectivity index (χ1n) is 8.73. The summed E-state index contributed by atoms with van der Waals surface area (Å²) in [5.41, 5.74) is 1.72. The third kappa shape index (κ3) is 2.95. The fourth-order valence-electron chi connectivity index (χ4n) is 3.44. The first-order chi connectivity index (χ1) is 11.6. The topological polar surface area (TPSA) is 87.9 Å². The third-order valence-corrected chi connectivity index (χ3v) is 5.13. The van der Waals surface area contributed by atoms with E-state index >= 15 is 0 Å². The van der Waals surface area contributed by atoms with E-state index in [9.17, 15) is 4.79 Å². The molecule has 2 aromatic heterocycles. The number of amides is 1. The van der Waals surface area contributed by atoms with Gasteiger partial charge in [0.05, 0.1) is 12.1 Å². The van der Waals surface area contributed by atoms with Crippen LogP contribution in [0.3, 0.4) is 0 Å². The molecular formula is C17H23N5O2. The fourth-order valence-corrected chi connectivity index (χ4v) is 3.44. The van der Waals surface area contributed by atoms with E-state index in [4.69, 9.17) is 4.52 Å². The molecule has 1 amide bonds. The van der Waals surface area contributed by atoms with Crippen molar-refractivity contribution < 1.29 is 9.32 Å². The van der Waals surface area contributed by atoms with Crippen LogP contribution >= 0.6 is 0 Å². The second-order valence-electron chi connectivity index (χ2n) is 7.01. The Morgan fingerprint density at radius 3 is 2.83 bits per heavy atom. The molecule has 1 saturated heterocycles. The summed E-state index contributed by atoms with van der Waals surface area (Å²) in [5.74, 6) is 3.56. The molecule has 7 heteroatoms. The molecule has 2 fully saturated rings. The normalized spacial score (nSPS) is 21.2. The van der Waals surface area contributed by atoms with Crippen LogP contribution in [0.2, 0.25) is 0 Å². The summed E-state index contributed by atoms with van der Waals surface area (Å²) in [6, 6.07) is 0. The summed E-state index contributed by atoms with van der Waals surface area (Å²) < 4.78 is 5.16. The van der Waals surface area contributed by atoms with Gasteiger partial charge in [-0.2, -0.15) is 5.10 Å². The van der Waals surface area contributed by atoms with Crippen LogP contribution in [0.25, 0.3) is 0 Å². The molecular weight excluding hydrogens is 306 g/mol. The number of H-pyrrole nitrogens is 1. The summed E-state index contributed by atoms with van der Waals surface area (Å²) in [7, 11) is 0. The highest BCUT2D eigenvalue weighted by Gasteiger charge is 2.31. The van der Waals surface area contributed by atoms with Gasteiger partial charge in [0.1, 0.15) is 11.6 Å². The monoisotopic (exact) mass is 329 g/mol. The molecule has 0 spiro atoms. The average molecular weight is 329 g/mol. The minimum atomic E-state index is 0.132. The Kier molecular flexibility index (Phi) is 3.86. The lowest BCUT2D eigenvalue weighted by atomic mass is 9.96. The number of nitrogens with one attached hydrogen (secondary N) is 1. The average Bonchev–Trinajstić information content (AvgIpc) is 3.25. The number of carbonyl (C=O) groups is 1. The van der Waals surface area contributed by atoms with E-state index in [1.165, 1.54) is 12.8 Å². The van der Waals surface area contributed by atoms with Gasteiger partial charge in [-0.05, 0) is 39.5 Å². The van der Waals surface area contributed by atoms with E-state index in [1.54, 1.807) is 0 Å². The lowest BCUT2D eigenvalue weighted by Gasteiger charge is -2.31. The van der Waals surface area contributed by atoms with Crippen LogP contribution in [0.4, 0.5) is 0 Å². The molecule has 24 heavy (non-hydrogen) atoms. The van der Waals surface area contributed by atoms with Gasteiger partial charge in [0.25, 0.3) is 0 Å². The SMILES string of the molecule is Cc1noc(C)c1CC(=O)N1CCC[C@@H](c2n[nH]c(C3CC3)n2)C1. The second-order valence-corrected chi connectivity index (χ2v) is 7.01. The molecule has 0 bridgehead atoms. The molecule has 7 nitrogen and oxygen atoms in total. The molecule has 128 valence electrons. The largest absolute Gasteiger partial charge is 0.361 e. The zero-order valence-electron chi connectivity index (χ0n) is 14.2. The van der Waals surface area contributed by atoms with E-state index < -0.39 is 0 Å². The zero-order chi connectivity index (χ0) is 16.7. The number of piperidine rings is 1. The molecule has 0 aromatic carbocycles. The van der Waals surface area contributed by atoms with Gasteiger partial charge in [-0.25, -0.2) is 4.98 Å². The lowest BCUT2D eigenvalue weighted by molar-refractivity contribution is -0.131. The number of carbonyl (C=O) groups excluding carboxylic acids is 1. The maximum Gasteiger partial charge on any atom is 0.227 e. The van der Waals surface area contributed by atoms with Crippen molar-refractivity contribution in [2.75, 3.05) is 13.1 Å². The van der Waals surface area contributed by atoms with Crippen LogP contribution in [0, 0.1) is 13.8 Å². The van der Waals surface area contributed by atoms with Gasteiger partial charge < -0.3 is 9.42 Å². The standard InChI is InChI=1S/C17H23N5O2/c1-10-14(11(2)24-21-10)8-15(23)22-7-3-4-13(9-22)17-18-16(19-20-17)12-5-6-12/h12-13H,3-9H2,1-2H3,(H,18,19,20)/t13-/m1/s1. The smallest absolute Gasteiger partial charge is 0.227 e. The Morgan fingerprint density at radius 2 is 2.12 bits per heavy atom. The zero-order valence-corrected chi connectivity index (χ0v) is 14.2. The number of likely N-dealkylation sites (tertiary alicyclic amines) is 1. The van der Waals surface area contributed by atoms with Crippen molar-refractivity contribution in [2.45, 2.75) is 57.8 Å². The van der Waals surface area contributed by atoms with Gasteiger partial charge in [-0.15, -0.1) is 0 Å². The number of hydrogen-bond acceptors (Lipinski definition) is 5. The van der Waals surface area contributed by atoms with Crippen molar-refractivity contribution in [1.29, 1.82) is 0 Å². The van der Waals surface area contributed by atoms with Crippen LogP contribution < -0.4 is 0 Å². The van der Waals surface area contributed by atoms with E-state index in [0.717, 1.165) is 48.1 Å². The number of aryl methyl sites for hydroxylation is 2. The van der Waals surface area contributed by atoms with Crippen molar-refractivity contribution in [3.63, 3.8) is 0 Å². The number of nitrogens with zero attached hydrogens (tertiary/aromatic N) is 4. The molecule has 2 aromatic rings. The minimum absolute atomic E-state index is 0.132. The predicted octanol–water partition coefficient (Wildman–Crippen LogP) is 2.24. The second kappa shape index (κ2) is 6.03. The van der Waals surface area contributed by atoms with Crippen LogP contribution in [-0.4, -0.2) is 44.2 Å². The molecule has 1 aliphatic carbocycles. The number of aromatic amines is 1. The minimum Gasteiger partial charge on any atom is -0.361 e. The van der Waals surface area contributed by atoms with Crippen molar-refractivity contribution in [3.8, 4) is 0 Å². The Hall–Kier alpha value is -2.18. The van der Waals surface area contributed by atoms with E-state index in [0.29, 0.717) is 18.9 Å². The first kappa shape index (κ1) is 15.4. The van der Waals surface area contributed by atoms with E-state index in [2.05, 4.69) is 20.3 Å². The Morgan fingerprint density at radius 1 is 1.29 bits per heavy atom. The molecule has 1 N–H and O–H groups in total. The van der Waals surface area contributed by atoms with Crippen molar-refractivity contribution in [2.24, 2.45) is 0 Å². The molecule has 0 unspecified atom stereocenters. The van der Waals surface area contributed by atoms with Crippen LogP contribution in [0.1, 0.15) is 66.2 Å². The maximum atomic E-state index is 12.7. The summed E-state index contributed by atoms with van der Waals surface area (Å²) in [6.07, 6.45) is 4.81. The van der Waals surface area contributed by atoms with Gasteiger partial charge in [0, 0.05) is 30.5 Å². The Labute approximate surface area is 140 Å². The molecule has 4 rings (SSSR count). The van der Waals surface area contributed by atoms with Crippen LogP contribution in [0.15, 0.2) is 4.52 Å². The lowest BCUT2D eigenvalue weighted by Crippen LogP contribution is -2.40. The highest BCUT2D eigenvalue weighted by atomic mass is 16.5. The molecule has 1 saturated carbocycles. The highest BCUT2D eigenvalue weighted by Crippen LogP contribution is 2.38. The highest BCUT2D eigenvalue weighted by molar-refractivity contribution is 5.79. The van der Waals surface area contributed by atoms with Crippen LogP contribution in [0.5, 0.6) is 0 Å². The van der Waals surface area contributed by atoms with Gasteiger partial charge >= 0.3 is 0 Å². The van der Waals surface area contributed by atoms with Gasteiger partial charge in [-0.3, -0.25) is 9.89 Å². The van der Waals surface area contributed by atoms with E-state index in [-0.39, 0.29) is 11.8 Å². The number of hydrogen-bond donors (Lipinski definition) is 1. The third-order valence-electron chi connectivity index (χ3n) is 5.13.